The minimum absolute atomic E-state index is 0.00315. The van der Waals surface area contributed by atoms with Crippen LogP contribution in [0.4, 0.5) is 4.79 Å². The second kappa shape index (κ2) is 16.0. The molecule has 16 heteroatoms. The molecule has 1 saturated heterocycles. The minimum atomic E-state index is -3.87. The van der Waals surface area contributed by atoms with Gasteiger partial charge in [-0.15, -0.1) is 11.3 Å². The van der Waals surface area contributed by atoms with Crippen molar-refractivity contribution in [1.82, 2.24) is 25.2 Å². The molecular formula is C37H46N6O8S2. The number of nitrogens with zero attached hydrogens (tertiary/aromatic N) is 3. The van der Waals surface area contributed by atoms with Gasteiger partial charge in [0.2, 0.25) is 21.8 Å². The second-order valence-corrected chi connectivity index (χ2v) is 17.5. The number of hydrogen-bond donors (Lipinski definition) is 3. The van der Waals surface area contributed by atoms with E-state index in [-0.39, 0.29) is 25.5 Å². The summed E-state index contributed by atoms with van der Waals surface area (Å²) in [5.41, 5.74) is 0.169. The molecule has 53 heavy (non-hydrogen) atoms. The molecule has 3 N–H and O–H groups in total. The summed E-state index contributed by atoms with van der Waals surface area (Å²) in [6.07, 6.45) is 13.6. The van der Waals surface area contributed by atoms with Crippen molar-refractivity contribution < 1.29 is 37.2 Å². The minimum Gasteiger partial charge on any atom is -0.446 e. The number of aromatic nitrogens is 1. The van der Waals surface area contributed by atoms with Gasteiger partial charge in [-0.25, -0.2) is 18.2 Å². The third-order valence-corrected chi connectivity index (χ3v) is 13.4. The van der Waals surface area contributed by atoms with Crippen molar-refractivity contribution >= 4 is 51.4 Å². The number of fused-ring (bicyclic) bond motifs is 2. The van der Waals surface area contributed by atoms with Crippen LogP contribution in [-0.2, 0) is 34.0 Å². The summed E-state index contributed by atoms with van der Waals surface area (Å²) in [7, 11) is -3.87. The molecule has 4 amide bonds. The molecule has 2 aliphatic heterocycles. The Morgan fingerprint density at radius 1 is 1.04 bits per heavy atom. The normalized spacial score (nSPS) is 28.9. The van der Waals surface area contributed by atoms with Gasteiger partial charge in [-0.2, -0.15) is 0 Å². The maximum absolute atomic E-state index is 14.4. The number of carbonyl (C=O) groups is 4. The number of ether oxygens (including phenoxy) is 1. The summed E-state index contributed by atoms with van der Waals surface area (Å²) in [5, 5.41) is 12.0. The molecule has 1 aromatic heterocycles. The fourth-order valence-electron chi connectivity index (χ4n) is 7.51. The molecule has 3 aliphatic carbocycles. The molecule has 3 saturated carbocycles. The molecule has 14 nitrogen and oxygen atoms in total. The molecule has 284 valence electrons. The first-order valence-corrected chi connectivity index (χ1v) is 21.1. The summed E-state index contributed by atoms with van der Waals surface area (Å²) in [4.78, 5) is 67.0. The van der Waals surface area contributed by atoms with Crippen LogP contribution in [0.5, 0.6) is 0 Å². The fraction of sp³-hybridized carbons (Fsp3) is 0.568. The van der Waals surface area contributed by atoms with E-state index in [1.54, 1.807) is 12.4 Å². The average Bonchev–Trinajstić information content (AvgIpc) is 3.87. The molecule has 4 fully saturated rings. The Hall–Kier alpha value is -4.31. The first kappa shape index (κ1) is 37.0. The van der Waals surface area contributed by atoms with E-state index in [0.29, 0.717) is 32.1 Å². The van der Waals surface area contributed by atoms with Crippen molar-refractivity contribution in [3.8, 4) is 10.6 Å². The molecule has 0 radical (unpaired) electrons. The summed E-state index contributed by atoms with van der Waals surface area (Å²) >= 11 is 1.50. The number of oxime groups is 1. The van der Waals surface area contributed by atoms with Crippen LogP contribution >= 0.6 is 11.3 Å². The van der Waals surface area contributed by atoms with E-state index in [1.807, 2.05) is 41.8 Å². The number of benzene rings is 1. The zero-order valence-electron chi connectivity index (χ0n) is 29.5. The number of rotatable bonds is 9. The summed E-state index contributed by atoms with van der Waals surface area (Å²) in [6, 6.07) is 5.56. The van der Waals surface area contributed by atoms with Gasteiger partial charge < -0.3 is 25.1 Å². The number of allylic oxidation sites excluding steroid dienone is 1. The van der Waals surface area contributed by atoms with E-state index in [0.717, 1.165) is 54.7 Å². The highest BCUT2D eigenvalue weighted by Crippen LogP contribution is 2.46. The first-order valence-electron chi connectivity index (χ1n) is 18.6. The van der Waals surface area contributed by atoms with Gasteiger partial charge in [0.05, 0.1) is 18.0 Å². The molecule has 0 bridgehead atoms. The van der Waals surface area contributed by atoms with Gasteiger partial charge in [0.25, 0.3) is 5.91 Å². The number of thiazole rings is 1. The van der Waals surface area contributed by atoms with E-state index < -0.39 is 68.7 Å². The summed E-state index contributed by atoms with van der Waals surface area (Å²) in [5.74, 6) is -2.27. The zero-order chi connectivity index (χ0) is 37.0. The Kier molecular flexibility index (Phi) is 11.2. The van der Waals surface area contributed by atoms with Crippen LogP contribution in [0.2, 0.25) is 0 Å². The molecule has 0 unspecified atom stereocenters. The molecule has 0 spiro atoms. The van der Waals surface area contributed by atoms with Gasteiger partial charge in [0.15, 0.2) is 0 Å². The number of amides is 4. The topological polar surface area (TPSA) is 185 Å². The lowest BCUT2D eigenvalue weighted by Crippen LogP contribution is -2.58. The Morgan fingerprint density at radius 3 is 2.60 bits per heavy atom. The van der Waals surface area contributed by atoms with Crippen LogP contribution in [0.3, 0.4) is 0 Å². The van der Waals surface area contributed by atoms with Crippen molar-refractivity contribution in [2.24, 2.45) is 11.1 Å². The van der Waals surface area contributed by atoms with Crippen LogP contribution in [0.1, 0.15) is 89.0 Å². The van der Waals surface area contributed by atoms with E-state index >= 15 is 0 Å². The summed E-state index contributed by atoms with van der Waals surface area (Å²) in [6.45, 7) is -0.00315. The number of alkyl carbamates (subject to hydrolysis) is 1. The molecular weight excluding hydrogens is 721 g/mol. The number of carbonyl (C=O) groups excluding carboxylic acids is 4. The van der Waals surface area contributed by atoms with Crippen molar-refractivity contribution in [2.75, 3.05) is 6.54 Å². The lowest BCUT2D eigenvalue weighted by molar-refractivity contribution is -0.141. The van der Waals surface area contributed by atoms with E-state index in [4.69, 9.17) is 9.57 Å². The van der Waals surface area contributed by atoms with Crippen molar-refractivity contribution in [1.29, 1.82) is 0 Å². The predicted molar refractivity (Wildman–Crippen MR) is 197 cm³/mol. The number of hydrogen-bond acceptors (Lipinski definition) is 11. The Bertz CT molecular complexity index is 1840. The third-order valence-electron chi connectivity index (χ3n) is 10.7. The smallest absolute Gasteiger partial charge is 0.408 e. The number of nitrogens with one attached hydrogen (secondary N) is 3. The standard InChI is InChI=1S/C37H46N6O8S2/c44-32-31-20-27(51-39-22-24-10-6-9-14-29(24)33-38-18-19-52-33)23-43(31)34(45)30(40-36(47)50-26-12-7-8-13-26)15-5-3-1-2-4-11-25-21-37(25,41-32)35(46)42-53(48,49)28-16-17-28/h4,6,9-11,14,18-19,22,25-28,30-31H,1-3,5,7-8,12-13,15-17,20-21,23H2,(H,40,47)(H,41,44)(H,42,46)/b11-4-,39-22+/t25-,27-,30+,31+,37+/m1/s1. The van der Waals surface area contributed by atoms with Crippen molar-refractivity contribution in [3.63, 3.8) is 0 Å². The first-order chi connectivity index (χ1) is 25.6. The van der Waals surface area contributed by atoms with Crippen molar-refractivity contribution in [2.45, 2.75) is 119 Å². The van der Waals surface area contributed by atoms with Crippen LogP contribution < -0.4 is 15.4 Å². The highest BCUT2D eigenvalue weighted by Gasteiger charge is 2.62. The molecule has 7 rings (SSSR count). The highest BCUT2D eigenvalue weighted by molar-refractivity contribution is 7.91. The number of sulfonamides is 1. The summed E-state index contributed by atoms with van der Waals surface area (Å²) < 4.78 is 33.4. The molecule has 1 aromatic carbocycles. The largest absolute Gasteiger partial charge is 0.446 e. The molecule has 5 atom stereocenters. The van der Waals surface area contributed by atoms with E-state index in [2.05, 4.69) is 25.5 Å². The van der Waals surface area contributed by atoms with Crippen LogP contribution in [-0.4, -0.2) is 90.0 Å². The lowest BCUT2D eigenvalue weighted by atomic mass is 10.0. The van der Waals surface area contributed by atoms with Gasteiger partial charge in [0, 0.05) is 35.0 Å². The van der Waals surface area contributed by atoms with E-state index in [1.165, 1.54) is 16.2 Å². The Balaban J connectivity index is 1.13. The van der Waals surface area contributed by atoms with Gasteiger partial charge >= 0.3 is 6.09 Å². The Morgan fingerprint density at radius 2 is 1.83 bits per heavy atom. The van der Waals surface area contributed by atoms with E-state index in [9.17, 15) is 27.6 Å². The van der Waals surface area contributed by atoms with Gasteiger partial charge in [-0.1, -0.05) is 54.4 Å². The van der Waals surface area contributed by atoms with Crippen molar-refractivity contribution in [3.05, 3.63) is 53.6 Å². The highest BCUT2D eigenvalue weighted by atomic mass is 32.2. The van der Waals surface area contributed by atoms with Gasteiger partial charge in [-0.3, -0.25) is 19.1 Å². The third kappa shape index (κ3) is 8.75. The molecule has 2 aromatic rings. The molecule has 5 aliphatic rings. The van der Waals surface area contributed by atoms with Crippen LogP contribution in [0.25, 0.3) is 10.6 Å². The maximum atomic E-state index is 14.4. The lowest BCUT2D eigenvalue weighted by Gasteiger charge is -2.30. The predicted octanol–water partition coefficient (Wildman–Crippen LogP) is 4.17. The van der Waals surface area contributed by atoms with Gasteiger partial charge in [0.1, 0.15) is 34.8 Å². The molecule has 3 heterocycles. The monoisotopic (exact) mass is 766 g/mol. The fourth-order valence-corrected chi connectivity index (χ4v) is 9.56. The van der Waals surface area contributed by atoms with Crippen LogP contribution in [0, 0.1) is 5.92 Å². The SMILES string of the molecule is O=C(N[C@H]1CCCCC/C=C\[C@@H]2C[C@]2(C(=O)NS(=O)(=O)C2CC2)NC(=O)[C@@H]2C[C@@H](O/N=C/c3ccccc3-c3nccs3)CN2C1=O)OC1CCCC1. The second-order valence-electron chi connectivity index (χ2n) is 14.7. The average molecular weight is 767 g/mol. The van der Waals surface area contributed by atoms with Gasteiger partial charge in [-0.05, 0) is 64.2 Å². The maximum Gasteiger partial charge on any atom is 0.408 e. The van der Waals surface area contributed by atoms with Crippen LogP contribution in [0.15, 0.2) is 53.2 Å². The quantitative estimate of drug-likeness (QED) is 0.192. The zero-order valence-corrected chi connectivity index (χ0v) is 31.1. The Labute approximate surface area is 313 Å².